The minimum absolute atomic E-state index is 0.0317. The summed E-state index contributed by atoms with van der Waals surface area (Å²) in [6, 6.07) is 0. The van der Waals surface area contributed by atoms with Crippen LogP contribution in [-0.4, -0.2) is 49.1 Å². The van der Waals surface area contributed by atoms with E-state index in [1.165, 1.54) is 13.2 Å². The van der Waals surface area contributed by atoms with E-state index in [1.807, 2.05) is 0 Å². The van der Waals surface area contributed by atoms with Crippen LogP contribution in [0.1, 0.15) is 19.8 Å². The van der Waals surface area contributed by atoms with E-state index in [1.54, 1.807) is 17.9 Å². The zero-order valence-electron chi connectivity index (χ0n) is 10.5. The Hall–Kier alpha value is -1.40. The molecule has 2 fully saturated rings. The highest BCUT2D eigenvalue weighted by atomic mass is 16.8. The van der Waals surface area contributed by atoms with E-state index in [2.05, 4.69) is 0 Å². The van der Waals surface area contributed by atoms with Crippen LogP contribution in [-0.2, 0) is 23.8 Å². The van der Waals surface area contributed by atoms with E-state index in [0.717, 1.165) is 6.42 Å². The molecule has 100 valence electrons. The number of carbonyl (C=O) groups excluding carboxylic acids is 2. The molecule has 2 rings (SSSR count). The average Bonchev–Trinajstić information content (AvgIpc) is 2.98. The zero-order chi connectivity index (χ0) is 13.1. The minimum atomic E-state index is -0.518. The molecular formula is C12H17NO5. The zero-order valence-corrected chi connectivity index (χ0v) is 10.5. The Morgan fingerprint density at radius 1 is 1.61 bits per heavy atom. The maximum Gasteiger partial charge on any atom is 0.332 e. The van der Waals surface area contributed by atoms with Gasteiger partial charge in [-0.1, -0.05) is 0 Å². The third-order valence-corrected chi connectivity index (χ3v) is 2.97. The van der Waals surface area contributed by atoms with Gasteiger partial charge in [0.2, 0.25) is 5.91 Å². The van der Waals surface area contributed by atoms with Crippen LogP contribution < -0.4 is 0 Å². The van der Waals surface area contributed by atoms with E-state index in [0.29, 0.717) is 13.0 Å². The van der Waals surface area contributed by atoms with Crippen molar-refractivity contribution in [3.05, 3.63) is 12.2 Å². The molecule has 1 amide bonds. The van der Waals surface area contributed by atoms with Crippen molar-refractivity contribution in [1.82, 2.24) is 4.90 Å². The third kappa shape index (κ3) is 3.08. The van der Waals surface area contributed by atoms with Gasteiger partial charge < -0.3 is 19.1 Å². The van der Waals surface area contributed by atoms with Gasteiger partial charge in [-0.25, -0.2) is 4.79 Å². The molecule has 6 nitrogen and oxygen atoms in total. The van der Waals surface area contributed by atoms with E-state index in [9.17, 15) is 9.59 Å². The summed E-state index contributed by atoms with van der Waals surface area (Å²) < 4.78 is 15.1. The quantitative estimate of drug-likeness (QED) is 0.405. The lowest BCUT2D eigenvalue weighted by atomic mass is 10.4. The Bertz CT molecular complexity index is 367. The van der Waals surface area contributed by atoms with Crippen molar-refractivity contribution in [2.45, 2.75) is 38.4 Å². The number of likely N-dealkylation sites (tertiary alicyclic amines) is 1. The van der Waals surface area contributed by atoms with Gasteiger partial charge in [-0.15, -0.1) is 0 Å². The van der Waals surface area contributed by atoms with Crippen LogP contribution in [0.5, 0.6) is 0 Å². The minimum Gasteiger partial charge on any atom is -0.439 e. The highest BCUT2D eigenvalue weighted by Crippen LogP contribution is 2.23. The number of amides is 1. The van der Waals surface area contributed by atoms with Gasteiger partial charge in [0.1, 0.15) is 6.10 Å². The maximum absolute atomic E-state index is 11.5. The number of hydrogen-bond donors (Lipinski definition) is 0. The lowest BCUT2D eigenvalue weighted by molar-refractivity contribution is -0.156. The fourth-order valence-corrected chi connectivity index (χ4v) is 1.93. The van der Waals surface area contributed by atoms with Crippen molar-refractivity contribution in [3.63, 3.8) is 0 Å². The largest absolute Gasteiger partial charge is 0.439 e. The molecule has 0 spiro atoms. The van der Waals surface area contributed by atoms with Crippen molar-refractivity contribution >= 4 is 11.9 Å². The number of nitrogens with zero attached hydrogens (tertiary/aromatic N) is 1. The molecule has 2 aliphatic rings. The molecule has 0 aromatic carbocycles. The van der Waals surface area contributed by atoms with Crippen LogP contribution in [0.3, 0.4) is 0 Å². The van der Waals surface area contributed by atoms with Crippen molar-refractivity contribution in [2.24, 2.45) is 0 Å². The predicted molar refractivity (Wildman–Crippen MR) is 61.3 cm³/mol. The van der Waals surface area contributed by atoms with Gasteiger partial charge in [0, 0.05) is 26.2 Å². The molecule has 6 heteroatoms. The summed E-state index contributed by atoms with van der Waals surface area (Å²) in [5.74, 6) is -0.447. The maximum atomic E-state index is 11.5. The lowest BCUT2D eigenvalue weighted by Gasteiger charge is -2.23. The van der Waals surface area contributed by atoms with Crippen LogP contribution in [0.15, 0.2) is 12.2 Å². The van der Waals surface area contributed by atoms with E-state index in [-0.39, 0.29) is 18.3 Å². The van der Waals surface area contributed by atoms with Gasteiger partial charge in [0.05, 0.1) is 0 Å². The van der Waals surface area contributed by atoms with Crippen LogP contribution in [0.4, 0.5) is 0 Å². The number of esters is 1. The highest BCUT2D eigenvalue weighted by Gasteiger charge is 2.36. The Morgan fingerprint density at radius 3 is 2.94 bits per heavy atom. The normalized spacial score (nSPS) is 28.8. The second-order valence-corrected chi connectivity index (χ2v) is 4.29. The number of carbonyl (C=O) groups is 2. The molecule has 3 atom stereocenters. The van der Waals surface area contributed by atoms with Crippen molar-refractivity contribution in [3.8, 4) is 0 Å². The second kappa shape index (κ2) is 5.49. The summed E-state index contributed by atoms with van der Waals surface area (Å²) in [7, 11) is 1.54. The molecule has 0 N–H and O–H groups in total. The van der Waals surface area contributed by atoms with Crippen molar-refractivity contribution in [2.75, 3.05) is 13.7 Å². The van der Waals surface area contributed by atoms with Gasteiger partial charge in [-0.3, -0.25) is 4.79 Å². The summed E-state index contributed by atoms with van der Waals surface area (Å²) in [4.78, 5) is 24.5. The molecule has 0 radical (unpaired) electrons. The molecule has 0 aromatic rings. The SMILES string of the molecule is COC1OC1C=CC(=O)OC(C)N1CCCC1=O. The number of ether oxygens (including phenoxy) is 3. The van der Waals surface area contributed by atoms with Crippen LogP contribution >= 0.6 is 0 Å². The molecule has 2 saturated heterocycles. The van der Waals surface area contributed by atoms with Gasteiger partial charge in [0.25, 0.3) is 0 Å². The molecule has 0 saturated carbocycles. The first-order valence-electron chi connectivity index (χ1n) is 5.98. The van der Waals surface area contributed by atoms with Gasteiger partial charge in [0.15, 0.2) is 12.5 Å². The molecular weight excluding hydrogens is 238 g/mol. The first-order chi connectivity index (χ1) is 8.61. The fourth-order valence-electron chi connectivity index (χ4n) is 1.93. The molecule has 0 aliphatic carbocycles. The first-order valence-corrected chi connectivity index (χ1v) is 5.98. The molecule has 2 aliphatic heterocycles. The average molecular weight is 255 g/mol. The molecule has 0 bridgehead atoms. The Kier molecular flexibility index (Phi) is 3.98. The summed E-state index contributed by atoms with van der Waals surface area (Å²) >= 11 is 0. The highest BCUT2D eigenvalue weighted by molar-refractivity contribution is 5.83. The topological polar surface area (TPSA) is 68.4 Å². The summed E-state index contributed by atoms with van der Waals surface area (Å²) in [6.45, 7) is 2.34. The van der Waals surface area contributed by atoms with Crippen molar-refractivity contribution < 1.29 is 23.8 Å². The molecule has 2 heterocycles. The number of hydrogen-bond acceptors (Lipinski definition) is 5. The summed E-state index contributed by atoms with van der Waals surface area (Å²) in [5, 5.41) is 0. The first kappa shape index (κ1) is 13.0. The van der Waals surface area contributed by atoms with Crippen LogP contribution in [0.25, 0.3) is 0 Å². The predicted octanol–water partition coefficient (Wildman–Crippen LogP) is 0.425. The Labute approximate surface area is 105 Å². The number of methoxy groups -OCH3 is 1. The van der Waals surface area contributed by atoms with E-state index >= 15 is 0 Å². The van der Waals surface area contributed by atoms with E-state index in [4.69, 9.17) is 14.2 Å². The molecule has 3 unspecified atom stereocenters. The molecule has 0 aromatic heterocycles. The summed E-state index contributed by atoms with van der Waals surface area (Å²) in [5.41, 5.74) is 0. The van der Waals surface area contributed by atoms with Crippen LogP contribution in [0, 0.1) is 0 Å². The van der Waals surface area contributed by atoms with Gasteiger partial charge in [-0.05, 0) is 19.4 Å². The number of epoxide rings is 1. The monoisotopic (exact) mass is 255 g/mol. The van der Waals surface area contributed by atoms with Gasteiger partial charge in [-0.2, -0.15) is 0 Å². The van der Waals surface area contributed by atoms with E-state index < -0.39 is 12.2 Å². The fraction of sp³-hybridized carbons (Fsp3) is 0.667. The van der Waals surface area contributed by atoms with Gasteiger partial charge >= 0.3 is 5.97 Å². The van der Waals surface area contributed by atoms with Crippen molar-refractivity contribution in [1.29, 1.82) is 0 Å². The van der Waals surface area contributed by atoms with Crippen LogP contribution in [0.2, 0.25) is 0 Å². The summed E-state index contributed by atoms with van der Waals surface area (Å²) in [6.07, 6.45) is 3.30. The Morgan fingerprint density at radius 2 is 2.39 bits per heavy atom. The Balaban J connectivity index is 1.75. The second-order valence-electron chi connectivity index (χ2n) is 4.29. The standard InChI is InChI=1S/C12H17NO5/c1-8(13-7-3-4-10(13)14)17-11(15)6-5-9-12(16-2)18-9/h5-6,8-9,12H,3-4,7H2,1-2H3. The lowest BCUT2D eigenvalue weighted by Crippen LogP contribution is -2.37. The smallest absolute Gasteiger partial charge is 0.332 e. The third-order valence-electron chi connectivity index (χ3n) is 2.97. The number of rotatable bonds is 5. The molecule has 18 heavy (non-hydrogen) atoms.